The van der Waals surface area contributed by atoms with Gasteiger partial charge in [-0.25, -0.2) is 0 Å². The van der Waals surface area contributed by atoms with Gasteiger partial charge < -0.3 is 14.6 Å². The summed E-state index contributed by atoms with van der Waals surface area (Å²) in [5, 5.41) is 13.0. The first kappa shape index (κ1) is 18.7. The Kier molecular flexibility index (Phi) is 5.55. The Hall–Kier alpha value is -1.60. The third-order valence-electron chi connectivity index (χ3n) is 3.91. The van der Waals surface area contributed by atoms with Gasteiger partial charge in [0.1, 0.15) is 16.1 Å². The van der Waals surface area contributed by atoms with E-state index in [2.05, 4.69) is 0 Å². The van der Waals surface area contributed by atoms with Gasteiger partial charge in [-0.1, -0.05) is 18.2 Å². The van der Waals surface area contributed by atoms with Crippen LogP contribution in [-0.2, 0) is 7.05 Å². The van der Waals surface area contributed by atoms with Crippen LogP contribution in [0, 0.1) is 6.92 Å². The first-order valence-corrected chi connectivity index (χ1v) is 7.94. The van der Waals surface area contributed by atoms with Crippen LogP contribution in [-0.4, -0.2) is 52.2 Å². The summed E-state index contributed by atoms with van der Waals surface area (Å²) in [5.41, 5.74) is 0.799. The van der Waals surface area contributed by atoms with Gasteiger partial charge in [0.2, 0.25) is 0 Å². The number of thiophene rings is 1. The van der Waals surface area contributed by atoms with E-state index < -0.39 is 11.5 Å². The molecule has 0 spiro atoms. The Balaban J connectivity index is 0.00000208. The Morgan fingerprint density at radius 1 is 1.25 bits per heavy atom. The van der Waals surface area contributed by atoms with Gasteiger partial charge in [0, 0.05) is 19.8 Å². The van der Waals surface area contributed by atoms with E-state index in [1.165, 1.54) is 20.8 Å². The van der Waals surface area contributed by atoms with Gasteiger partial charge in [-0.05, 0) is 30.0 Å². The first-order chi connectivity index (χ1) is 10.9. The molecule has 3 aromatic rings. The molecular formula is C17H17N2NaO3S. The Morgan fingerprint density at radius 3 is 2.50 bits per heavy atom. The minimum absolute atomic E-state index is 0. The number of nitrogens with zero attached hydrogens (tertiary/aromatic N) is 2. The van der Waals surface area contributed by atoms with E-state index in [9.17, 15) is 14.7 Å². The number of aryl methyl sites for hydroxylation is 2. The summed E-state index contributed by atoms with van der Waals surface area (Å²) in [4.78, 5) is 27.3. The molecule has 0 fully saturated rings. The van der Waals surface area contributed by atoms with E-state index in [0.29, 0.717) is 15.9 Å². The third kappa shape index (κ3) is 2.91. The number of hydrogen-bond donors (Lipinski definition) is 1. The van der Waals surface area contributed by atoms with Gasteiger partial charge >= 0.3 is 29.6 Å². The number of anilines is 1. The fraction of sp³-hybridized carbons (Fsp3) is 0.176. The summed E-state index contributed by atoms with van der Waals surface area (Å²) < 4.78 is 1.42. The number of amides is 1. The van der Waals surface area contributed by atoms with Crippen molar-refractivity contribution in [3.8, 4) is 5.75 Å². The molecule has 7 heteroatoms. The molecule has 24 heavy (non-hydrogen) atoms. The fourth-order valence-corrected chi connectivity index (χ4v) is 3.60. The quantitative estimate of drug-likeness (QED) is 0.720. The number of carbonyl (C=O) groups excluding carboxylic acids is 1. The van der Waals surface area contributed by atoms with Gasteiger partial charge in [0.15, 0.2) is 0 Å². The molecule has 0 aliphatic heterocycles. The van der Waals surface area contributed by atoms with Crippen molar-refractivity contribution in [3.63, 3.8) is 0 Å². The van der Waals surface area contributed by atoms with Crippen LogP contribution in [0.1, 0.15) is 15.9 Å². The van der Waals surface area contributed by atoms with Gasteiger partial charge in [-0.3, -0.25) is 9.59 Å². The molecule has 0 radical (unpaired) electrons. The number of para-hydroxylation sites is 1. The van der Waals surface area contributed by atoms with E-state index in [1.807, 2.05) is 30.5 Å². The predicted molar refractivity (Wildman–Crippen MR) is 99.8 cm³/mol. The molecule has 0 aliphatic rings. The van der Waals surface area contributed by atoms with Crippen molar-refractivity contribution in [2.45, 2.75) is 6.92 Å². The molecule has 2 aromatic heterocycles. The second kappa shape index (κ2) is 7.11. The van der Waals surface area contributed by atoms with Crippen LogP contribution in [0.5, 0.6) is 5.75 Å². The van der Waals surface area contributed by atoms with Crippen molar-refractivity contribution >= 4 is 62.7 Å². The van der Waals surface area contributed by atoms with Crippen LogP contribution in [0.3, 0.4) is 0 Å². The Morgan fingerprint density at radius 2 is 1.88 bits per heavy atom. The molecule has 1 amide bonds. The predicted octanol–water partition coefficient (Wildman–Crippen LogP) is 2.24. The number of pyridine rings is 1. The molecule has 0 saturated carbocycles. The second-order valence-corrected chi connectivity index (χ2v) is 6.24. The summed E-state index contributed by atoms with van der Waals surface area (Å²) in [6.07, 6.45) is 0. The number of aromatic hydroxyl groups is 1. The Bertz CT molecular complexity index is 963. The maximum absolute atomic E-state index is 12.8. The summed E-state index contributed by atoms with van der Waals surface area (Å²) in [7, 11) is 3.20. The van der Waals surface area contributed by atoms with Crippen LogP contribution in [0.4, 0.5) is 5.69 Å². The monoisotopic (exact) mass is 352 g/mol. The molecule has 0 atom stereocenters. The fourth-order valence-electron chi connectivity index (χ4n) is 2.58. The van der Waals surface area contributed by atoms with Crippen molar-refractivity contribution < 1.29 is 9.90 Å². The van der Waals surface area contributed by atoms with Crippen LogP contribution in [0.25, 0.3) is 10.2 Å². The molecule has 0 unspecified atom stereocenters. The number of rotatable bonds is 2. The zero-order chi connectivity index (χ0) is 16.7. The molecule has 0 bridgehead atoms. The van der Waals surface area contributed by atoms with Gasteiger partial charge in [-0.2, -0.15) is 0 Å². The van der Waals surface area contributed by atoms with Crippen LogP contribution in [0.2, 0.25) is 0 Å². The molecule has 2 heterocycles. The van der Waals surface area contributed by atoms with Crippen molar-refractivity contribution in [2.75, 3.05) is 11.9 Å². The topological polar surface area (TPSA) is 62.5 Å². The first-order valence-electron chi connectivity index (χ1n) is 7.06. The molecular weight excluding hydrogens is 335 g/mol. The van der Waals surface area contributed by atoms with Crippen molar-refractivity contribution in [1.82, 2.24) is 4.57 Å². The number of fused-ring (bicyclic) bond motifs is 1. The number of hydrogen-bond acceptors (Lipinski definition) is 4. The molecule has 1 N–H and O–H groups in total. The molecule has 1 aromatic carbocycles. The van der Waals surface area contributed by atoms with E-state index in [-0.39, 0.29) is 40.9 Å². The summed E-state index contributed by atoms with van der Waals surface area (Å²) in [6, 6.07) is 9.01. The van der Waals surface area contributed by atoms with E-state index in [0.717, 1.165) is 5.56 Å². The SMILES string of the molecule is Cc1csc2c1c(O)c(C(=O)N(C)c1ccccc1)c(=O)n2C.[NaH]. The van der Waals surface area contributed by atoms with Crippen molar-refractivity contribution in [3.05, 3.63) is 57.2 Å². The van der Waals surface area contributed by atoms with E-state index >= 15 is 0 Å². The van der Waals surface area contributed by atoms with Crippen molar-refractivity contribution in [1.29, 1.82) is 0 Å². The Labute approximate surface area is 165 Å². The number of carbonyl (C=O) groups is 1. The summed E-state index contributed by atoms with van der Waals surface area (Å²) in [6.45, 7) is 1.85. The van der Waals surface area contributed by atoms with Crippen LogP contribution < -0.4 is 10.5 Å². The second-order valence-electron chi connectivity index (χ2n) is 5.39. The standard InChI is InChI=1S/C17H16N2O3S.Na.H/c1-10-9-23-17-12(10)14(20)13(16(22)19(17)3)15(21)18(2)11-7-5-4-6-8-11;;/h4-9,20H,1-3H3;;. The maximum atomic E-state index is 12.8. The van der Waals surface area contributed by atoms with Gasteiger partial charge in [-0.15, -0.1) is 11.3 Å². The molecule has 0 aliphatic carbocycles. The molecule has 3 rings (SSSR count). The summed E-state index contributed by atoms with van der Waals surface area (Å²) >= 11 is 1.37. The number of benzene rings is 1. The normalized spacial score (nSPS) is 10.5. The molecule has 120 valence electrons. The zero-order valence-electron chi connectivity index (χ0n) is 13.0. The van der Waals surface area contributed by atoms with Crippen LogP contribution in [0.15, 0.2) is 40.5 Å². The average Bonchev–Trinajstić information content (AvgIpc) is 2.95. The zero-order valence-corrected chi connectivity index (χ0v) is 13.8. The number of aromatic nitrogens is 1. The summed E-state index contributed by atoms with van der Waals surface area (Å²) in [5.74, 6) is -0.767. The third-order valence-corrected chi connectivity index (χ3v) is 5.09. The molecule has 0 saturated heterocycles. The van der Waals surface area contributed by atoms with Crippen molar-refractivity contribution in [2.24, 2.45) is 7.05 Å². The van der Waals surface area contributed by atoms with Gasteiger partial charge in [0.05, 0.1) is 5.39 Å². The average molecular weight is 352 g/mol. The molecule has 5 nitrogen and oxygen atoms in total. The van der Waals surface area contributed by atoms with Crippen LogP contribution >= 0.6 is 11.3 Å². The minimum atomic E-state index is -0.526. The van der Waals surface area contributed by atoms with E-state index in [1.54, 1.807) is 26.2 Å². The van der Waals surface area contributed by atoms with Gasteiger partial charge in [0.25, 0.3) is 11.5 Å². The van der Waals surface area contributed by atoms with E-state index in [4.69, 9.17) is 0 Å².